The van der Waals surface area contributed by atoms with Crippen LogP contribution in [0.25, 0.3) is 10.9 Å². The lowest BCUT2D eigenvalue weighted by atomic mass is 10.2. The highest BCUT2D eigenvalue weighted by Crippen LogP contribution is 2.30. The molecule has 0 bridgehead atoms. The van der Waals surface area contributed by atoms with Crippen LogP contribution in [0.4, 0.5) is 5.13 Å². The van der Waals surface area contributed by atoms with Crippen molar-refractivity contribution >= 4 is 74.1 Å². The summed E-state index contributed by atoms with van der Waals surface area (Å²) in [6, 6.07) is 12.7. The average molecular weight is 520 g/mol. The number of hydrogen-bond donors (Lipinski definition) is 2. The van der Waals surface area contributed by atoms with Gasteiger partial charge in [-0.25, -0.2) is 0 Å². The summed E-state index contributed by atoms with van der Waals surface area (Å²) in [5, 5.41) is 16.6. The van der Waals surface area contributed by atoms with Crippen LogP contribution in [0.5, 0.6) is 0 Å². The zero-order valence-corrected chi connectivity index (χ0v) is 20.6. The smallest absolute Gasteiger partial charge is 0.252 e. The number of nitrogens with zero attached hydrogens (tertiary/aromatic N) is 3. The third-order valence-electron chi connectivity index (χ3n) is 4.70. The molecular weight excluding hydrogens is 501 g/mol. The van der Waals surface area contributed by atoms with Crippen LogP contribution in [-0.4, -0.2) is 38.9 Å². The Morgan fingerprint density at radius 2 is 1.97 bits per heavy atom. The topological polar surface area (TPSA) is 88.9 Å². The molecule has 0 saturated carbocycles. The van der Waals surface area contributed by atoms with Crippen molar-refractivity contribution in [3.63, 3.8) is 0 Å². The first-order chi connectivity index (χ1) is 15.9. The van der Waals surface area contributed by atoms with Gasteiger partial charge in [0.05, 0.1) is 16.3 Å². The van der Waals surface area contributed by atoms with Crippen LogP contribution < -0.4 is 10.6 Å². The standard InChI is InChI=1S/C22H19Cl2N5O2S2/c1-13-27-28-22(33-13)26-20(30)12-32-19-11-29(18-5-3-2-4-16(18)19)9-8-25-21(31)15-7-6-14(23)10-17(15)24/h2-7,10-11H,8-9,12H2,1H3,(H,25,31)(H,26,28,30). The van der Waals surface area contributed by atoms with Crippen LogP contribution in [0.15, 0.2) is 53.6 Å². The van der Waals surface area contributed by atoms with E-state index >= 15 is 0 Å². The largest absolute Gasteiger partial charge is 0.350 e. The minimum Gasteiger partial charge on any atom is -0.350 e. The molecule has 0 aliphatic heterocycles. The summed E-state index contributed by atoms with van der Waals surface area (Å²) < 4.78 is 2.06. The van der Waals surface area contributed by atoms with Crippen molar-refractivity contribution in [1.82, 2.24) is 20.1 Å². The predicted octanol–water partition coefficient (Wildman–Crippen LogP) is 5.27. The predicted molar refractivity (Wildman–Crippen MR) is 135 cm³/mol. The molecule has 11 heteroatoms. The number of carbonyl (C=O) groups excluding carboxylic acids is 2. The molecule has 0 unspecified atom stereocenters. The summed E-state index contributed by atoms with van der Waals surface area (Å²) in [7, 11) is 0. The SMILES string of the molecule is Cc1nnc(NC(=O)CSc2cn(CCNC(=O)c3ccc(Cl)cc3Cl)c3ccccc23)s1. The van der Waals surface area contributed by atoms with Gasteiger partial charge >= 0.3 is 0 Å². The number of carbonyl (C=O) groups is 2. The maximum absolute atomic E-state index is 12.5. The minimum absolute atomic E-state index is 0.139. The molecule has 7 nitrogen and oxygen atoms in total. The average Bonchev–Trinajstić information content (AvgIpc) is 3.35. The van der Waals surface area contributed by atoms with Crippen LogP contribution in [0, 0.1) is 6.92 Å². The molecule has 0 saturated heterocycles. The number of fused-ring (bicyclic) bond motifs is 1. The van der Waals surface area contributed by atoms with Gasteiger partial charge in [0, 0.05) is 40.1 Å². The Bertz CT molecular complexity index is 1320. The Morgan fingerprint density at radius 3 is 2.73 bits per heavy atom. The Balaban J connectivity index is 1.39. The number of benzene rings is 2. The molecule has 170 valence electrons. The van der Waals surface area contributed by atoms with Gasteiger partial charge in [0.25, 0.3) is 5.91 Å². The van der Waals surface area contributed by atoms with Crippen LogP contribution >= 0.6 is 46.3 Å². The van der Waals surface area contributed by atoms with E-state index in [-0.39, 0.29) is 17.6 Å². The number of rotatable bonds is 8. The number of aromatic nitrogens is 3. The number of amides is 2. The molecule has 0 atom stereocenters. The van der Waals surface area contributed by atoms with E-state index in [9.17, 15) is 9.59 Å². The van der Waals surface area contributed by atoms with Gasteiger partial charge in [-0.05, 0) is 31.2 Å². The lowest BCUT2D eigenvalue weighted by Gasteiger charge is -2.09. The molecule has 0 aliphatic rings. The summed E-state index contributed by atoms with van der Waals surface area (Å²) in [5.74, 6) is -0.148. The second-order valence-electron chi connectivity index (χ2n) is 7.05. The molecule has 0 aliphatic carbocycles. The number of aryl methyl sites for hydroxylation is 1. The molecular formula is C22H19Cl2N5O2S2. The number of thioether (sulfide) groups is 1. The molecule has 4 rings (SSSR count). The van der Waals surface area contributed by atoms with Crippen molar-refractivity contribution in [2.45, 2.75) is 18.4 Å². The quantitative estimate of drug-likeness (QED) is 0.309. The first kappa shape index (κ1) is 23.6. The van der Waals surface area contributed by atoms with Gasteiger partial charge in [-0.3, -0.25) is 14.9 Å². The maximum Gasteiger partial charge on any atom is 0.252 e. The third-order valence-corrected chi connectivity index (χ3v) is 7.04. The number of halogens is 2. The summed E-state index contributed by atoms with van der Waals surface area (Å²) in [5.41, 5.74) is 1.41. The van der Waals surface area contributed by atoms with Crippen molar-refractivity contribution in [3.05, 3.63) is 69.3 Å². The monoisotopic (exact) mass is 519 g/mol. The summed E-state index contributed by atoms with van der Waals surface area (Å²) in [4.78, 5) is 25.7. The van der Waals surface area contributed by atoms with Gasteiger partial charge in [-0.1, -0.05) is 52.7 Å². The molecule has 2 N–H and O–H groups in total. The molecule has 4 aromatic rings. The van der Waals surface area contributed by atoms with Crippen molar-refractivity contribution in [2.24, 2.45) is 0 Å². The zero-order chi connectivity index (χ0) is 23.4. The number of anilines is 1. The fourth-order valence-corrected chi connectivity index (χ4v) is 5.21. The van der Waals surface area contributed by atoms with E-state index in [0.29, 0.717) is 33.8 Å². The molecule has 0 fully saturated rings. The molecule has 2 aromatic heterocycles. The Labute approximate surface area is 208 Å². The van der Waals surface area contributed by atoms with E-state index in [1.54, 1.807) is 18.2 Å². The maximum atomic E-state index is 12.5. The highest BCUT2D eigenvalue weighted by Gasteiger charge is 2.13. The fourth-order valence-electron chi connectivity index (χ4n) is 3.22. The van der Waals surface area contributed by atoms with Gasteiger partial charge in [0.2, 0.25) is 11.0 Å². The van der Waals surface area contributed by atoms with E-state index in [1.807, 2.05) is 37.4 Å². The summed E-state index contributed by atoms with van der Waals surface area (Å²) in [6.45, 7) is 2.81. The van der Waals surface area contributed by atoms with Crippen LogP contribution in [-0.2, 0) is 11.3 Å². The van der Waals surface area contributed by atoms with Gasteiger partial charge < -0.3 is 9.88 Å². The van der Waals surface area contributed by atoms with Gasteiger partial charge in [-0.2, -0.15) is 0 Å². The lowest BCUT2D eigenvalue weighted by Crippen LogP contribution is -2.27. The van der Waals surface area contributed by atoms with E-state index in [4.69, 9.17) is 23.2 Å². The normalized spacial score (nSPS) is 11.0. The van der Waals surface area contributed by atoms with Crippen LogP contribution in [0.1, 0.15) is 15.4 Å². The Hall–Kier alpha value is -2.59. The Kier molecular flexibility index (Phi) is 7.54. The van der Waals surface area contributed by atoms with Crippen LogP contribution in [0.3, 0.4) is 0 Å². The second-order valence-corrected chi connectivity index (χ2v) is 10.1. The van der Waals surface area contributed by atoms with Crippen molar-refractivity contribution < 1.29 is 9.59 Å². The molecule has 33 heavy (non-hydrogen) atoms. The zero-order valence-electron chi connectivity index (χ0n) is 17.5. The van der Waals surface area contributed by atoms with Crippen molar-refractivity contribution in [1.29, 1.82) is 0 Å². The van der Waals surface area contributed by atoms with E-state index in [1.165, 1.54) is 23.1 Å². The van der Waals surface area contributed by atoms with E-state index in [0.717, 1.165) is 20.8 Å². The first-order valence-corrected chi connectivity index (χ1v) is 12.5. The molecule has 0 radical (unpaired) electrons. The Morgan fingerprint density at radius 1 is 1.15 bits per heavy atom. The first-order valence-electron chi connectivity index (χ1n) is 9.94. The van der Waals surface area contributed by atoms with E-state index in [2.05, 4.69) is 25.4 Å². The lowest BCUT2D eigenvalue weighted by molar-refractivity contribution is -0.113. The molecule has 2 amide bonds. The van der Waals surface area contributed by atoms with Crippen molar-refractivity contribution in [2.75, 3.05) is 17.6 Å². The highest BCUT2D eigenvalue weighted by atomic mass is 35.5. The van der Waals surface area contributed by atoms with Crippen molar-refractivity contribution in [3.8, 4) is 0 Å². The van der Waals surface area contributed by atoms with Gasteiger partial charge in [0.15, 0.2) is 0 Å². The summed E-state index contributed by atoms with van der Waals surface area (Å²) in [6.07, 6.45) is 2.00. The van der Waals surface area contributed by atoms with Gasteiger partial charge in [0.1, 0.15) is 5.01 Å². The number of hydrogen-bond acceptors (Lipinski definition) is 6. The number of nitrogens with one attached hydrogen (secondary N) is 2. The van der Waals surface area contributed by atoms with Crippen LogP contribution in [0.2, 0.25) is 10.0 Å². The summed E-state index contributed by atoms with van der Waals surface area (Å²) >= 11 is 14.8. The second kappa shape index (κ2) is 10.6. The van der Waals surface area contributed by atoms with E-state index < -0.39 is 0 Å². The fraction of sp³-hybridized carbons (Fsp3) is 0.182. The molecule has 2 heterocycles. The minimum atomic E-state index is -0.258. The molecule has 2 aromatic carbocycles. The third kappa shape index (κ3) is 5.86. The number of para-hydroxylation sites is 1. The molecule has 0 spiro atoms. The highest BCUT2D eigenvalue weighted by molar-refractivity contribution is 8.00. The van der Waals surface area contributed by atoms with Gasteiger partial charge in [-0.15, -0.1) is 22.0 Å².